The number of nitrogens with one attached hydrogen (secondary N) is 1. The number of fused-ring (bicyclic) bond motifs is 1. The van der Waals surface area contributed by atoms with E-state index < -0.39 is 9.84 Å². The van der Waals surface area contributed by atoms with Crippen molar-refractivity contribution in [3.8, 4) is 0 Å². The SMILES string of the molecule is O=C(Nc1ccc(S(=O)(=O)C2CCCC2)cc1)c1cnc2ccccc2n1. The zero-order chi connectivity index (χ0) is 18.9. The van der Waals surface area contributed by atoms with Crippen molar-refractivity contribution in [3.05, 3.63) is 60.4 Å². The second-order valence-electron chi connectivity index (χ2n) is 6.67. The molecular weight excluding hydrogens is 362 g/mol. The van der Waals surface area contributed by atoms with Gasteiger partial charge in [-0.3, -0.25) is 9.78 Å². The zero-order valence-electron chi connectivity index (χ0n) is 14.6. The third-order valence-corrected chi connectivity index (χ3v) is 7.14. The first-order valence-electron chi connectivity index (χ1n) is 8.91. The van der Waals surface area contributed by atoms with Crippen molar-refractivity contribution in [1.29, 1.82) is 0 Å². The van der Waals surface area contributed by atoms with Gasteiger partial charge in [0.1, 0.15) is 5.69 Å². The summed E-state index contributed by atoms with van der Waals surface area (Å²) >= 11 is 0. The lowest BCUT2D eigenvalue weighted by Gasteiger charge is -2.12. The number of rotatable bonds is 4. The maximum atomic E-state index is 12.6. The van der Waals surface area contributed by atoms with Crippen LogP contribution in [0.4, 0.5) is 5.69 Å². The summed E-state index contributed by atoms with van der Waals surface area (Å²) in [6, 6.07) is 13.6. The van der Waals surface area contributed by atoms with Gasteiger partial charge in [0, 0.05) is 5.69 Å². The molecule has 0 saturated heterocycles. The van der Waals surface area contributed by atoms with Crippen LogP contribution >= 0.6 is 0 Å². The van der Waals surface area contributed by atoms with Crippen LogP contribution in [0.3, 0.4) is 0 Å². The molecule has 0 aliphatic heterocycles. The lowest BCUT2D eigenvalue weighted by molar-refractivity contribution is 0.102. The summed E-state index contributed by atoms with van der Waals surface area (Å²) < 4.78 is 25.2. The molecule has 0 unspecified atom stereocenters. The third-order valence-electron chi connectivity index (χ3n) is 4.86. The fraction of sp³-hybridized carbons (Fsp3) is 0.250. The zero-order valence-corrected chi connectivity index (χ0v) is 15.4. The van der Waals surface area contributed by atoms with Gasteiger partial charge in [-0.2, -0.15) is 0 Å². The standard InChI is InChI=1S/C20H19N3O3S/c24-20(19-13-21-17-7-3-4-8-18(17)23-19)22-14-9-11-16(12-10-14)27(25,26)15-5-1-2-6-15/h3-4,7-13,15H,1-2,5-6H2,(H,22,24). The molecule has 3 aromatic rings. The molecule has 4 rings (SSSR count). The molecule has 1 saturated carbocycles. The molecule has 1 N–H and O–H groups in total. The topological polar surface area (TPSA) is 89.0 Å². The Kier molecular flexibility index (Phi) is 4.61. The van der Waals surface area contributed by atoms with Crippen LogP contribution in [0, 0.1) is 0 Å². The van der Waals surface area contributed by atoms with Gasteiger partial charge in [-0.1, -0.05) is 25.0 Å². The fourth-order valence-electron chi connectivity index (χ4n) is 3.38. The predicted molar refractivity (Wildman–Crippen MR) is 103 cm³/mol. The lowest BCUT2D eigenvalue weighted by Crippen LogP contribution is -2.18. The number of anilines is 1. The Morgan fingerprint density at radius 1 is 0.963 bits per heavy atom. The first-order valence-corrected chi connectivity index (χ1v) is 10.5. The Morgan fingerprint density at radius 3 is 2.33 bits per heavy atom. The number of carbonyl (C=O) groups is 1. The Labute approximate surface area is 157 Å². The molecule has 0 atom stereocenters. The summed E-state index contributed by atoms with van der Waals surface area (Å²) in [6.07, 6.45) is 4.80. The van der Waals surface area contributed by atoms with Crippen LogP contribution in [-0.4, -0.2) is 29.5 Å². The van der Waals surface area contributed by atoms with E-state index in [0.29, 0.717) is 16.1 Å². The second kappa shape index (κ2) is 7.08. The van der Waals surface area contributed by atoms with Crippen LogP contribution in [-0.2, 0) is 9.84 Å². The van der Waals surface area contributed by atoms with Gasteiger partial charge in [0.15, 0.2) is 9.84 Å². The van der Waals surface area contributed by atoms with Crippen LogP contribution in [0.5, 0.6) is 0 Å². The number of nitrogens with zero attached hydrogens (tertiary/aromatic N) is 2. The summed E-state index contributed by atoms with van der Waals surface area (Å²) in [4.78, 5) is 21.3. The highest BCUT2D eigenvalue weighted by Crippen LogP contribution is 2.30. The molecule has 1 heterocycles. The largest absolute Gasteiger partial charge is 0.321 e. The van der Waals surface area contributed by atoms with E-state index in [-0.39, 0.29) is 16.9 Å². The normalized spacial score (nSPS) is 15.1. The summed E-state index contributed by atoms with van der Waals surface area (Å²) in [5.41, 5.74) is 2.08. The maximum absolute atomic E-state index is 12.6. The van der Waals surface area contributed by atoms with Crippen molar-refractivity contribution in [2.45, 2.75) is 35.8 Å². The molecule has 1 aliphatic rings. The number of amides is 1. The summed E-state index contributed by atoms with van der Waals surface area (Å²) in [6.45, 7) is 0. The third kappa shape index (κ3) is 3.55. The molecule has 138 valence electrons. The number of para-hydroxylation sites is 2. The van der Waals surface area contributed by atoms with E-state index in [4.69, 9.17) is 0 Å². The van der Waals surface area contributed by atoms with Crippen LogP contribution in [0.2, 0.25) is 0 Å². The molecule has 0 bridgehead atoms. The molecule has 0 radical (unpaired) electrons. The monoisotopic (exact) mass is 381 g/mol. The molecule has 1 amide bonds. The van der Waals surface area contributed by atoms with Gasteiger partial charge in [-0.25, -0.2) is 13.4 Å². The Morgan fingerprint density at radius 2 is 1.63 bits per heavy atom. The summed E-state index contributed by atoms with van der Waals surface area (Å²) in [5, 5.41) is 2.45. The van der Waals surface area contributed by atoms with Crippen molar-refractivity contribution < 1.29 is 13.2 Å². The van der Waals surface area contributed by atoms with Gasteiger partial charge in [0.2, 0.25) is 0 Å². The van der Waals surface area contributed by atoms with Crippen molar-refractivity contribution in [1.82, 2.24) is 9.97 Å². The Balaban J connectivity index is 1.51. The van der Waals surface area contributed by atoms with Crippen molar-refractivity contribution in [2.75, 3.05) is 5.32 Å². The van der Waals surface area contributed by atoms with Crippen molar-refractivity contribution >= 4 is 32.5 Å². The first-order chi connectivity index (χ1) is 13.0. The van der Waals surface area contributed by atoms with Crippen LogP contribution < -0.4 is 5.32 Å². The molecule has 6 nitrogen and oxygen atoms in total. The molecule has 7 heteroatoms. The second-order valence-corrected chi connectivity index (χ2v) is 8.90. The minimum atomic E-state index is -3.30. The quantitative estimate of drug-likeness (QED) is 0.746. The van der Waals surface area contributed by atoms with Crippen LogP contribution in [0.1, 0.15) is 36.2 Å². The van der Waals surface area contributed by atoms with Gasteiger partial charge in [0.25, 0.3) is 5.91 Å². The average Bonchev–Trinajstić information content (AvgIpc) is 3.24. The summed E-state index contributed by atoms with van der Waals surface area (Å²) in [7, 11) is -3.30. The summed E-state index contributed by atoms with van der Waals surface area (Å²) in [5.74, 6) is -0.389. The van der Waals surface area contributed by atoms with E-state index in [1.807, 2.05) is 18.2 Å². The van der Waals surface area contributed by atoms with E-state index in [1.54, 1.807) is 30.3 Å². The number of aromatic nitrogens is 2. The molecule has 1 fully saturated rings. The highest BCUT2D eigenvalue weighted by molar-refractivity contribution is 7.92. The lowest BCUT2D eigenvalue weighted by atomic mass is 10.3. The van der Waals surface area contributed by atoms with Crippen LogP contribution in [0.25, 0.3) is 11.0 Å². The Bertz CT molecular complexity index is 1090. The highest BCUT2D eigenvalue weighted by atomic mass is 32.2. The number of sulfone groups is 1. The number of hydrogen-bond donors (Lipinski definition) is 1. The Hall–Kier alpha value is -2.80. The number of hydrogen-bond acceptors (Lipinski definition) is 5. The molecule has 27 heavy (non-hydrogen) atoms. The average molecular weight is 381 g/mol. The van der Waals surface area contributed by atoms with Gasteiger partial charge in [-0.05, 0) is 49.2 Å². The predicted octanol–water partition coefficient (Wildman–Crippen LogP) is 3.60. The molecular formula is C20H19N3O3S. The molecule has 1 aromatic heterocycles. The van der Waals surface area contributed by atoms with E-state index in [9.17, 15) is 13.2 Å². The highest BCUT2D eigenvalue weighted by Gasteiger charge is 2.30. The molecule has 0 spiro atoms. The smallest absolute Gasteiger partial charge is 0.275 e. The van der Waals surface area contributed by atoms with E-state index in [0.717, 1.165) is 31.2 Å². The van der Waals surface area contributed by atoms with Gasteiger partial charge < -0.3 is 5.32 Å². The van der Waals surface area contributed by atoms with E-state index in [1.165, 1.54) is 6.20 Å². The number of benzene rings is 2. The minimum Gasteiger partial charge on any atom is -0.321 e. The van der Waals surface area contributed by atoms with E-state index in [2.05, 4.69) is 15.3 Å². The van der Waals surface area contributed by atoms with Gasteiger partial charge in [-0.15, -0.1) is 0 Å². The van der Waals surface area contributed by atoms with E-state index >= 15 is 0 Å². The van der Waals surface area contributed by atoms with Gasteiger partial charge >= 0.3 is 0 Å². The molecule has 1 aliphatic carbocycles. The maximum Gasteiger partial charge on any atom is 0.275 e. The number of carbonyl (C=O) groups excluding carboxylic acids is 1. The van der Waals surface area contributed by atoms with Gasteiger partial charge in [0.05, 0.1) is 27.4 Å². The van der Waals surface area contributed by atoms with Crippen molar-refractivity contribution in [2.24, 2.45) is 0 Å². The fourth-order valence-corrected chi connectivity index (χ4v) is 5.24. The molecule has 2 aromatic carbocycles. The first kappa shape index (κ1) is 17.6. The van der Waals surface area contributed by atoms with Crippen molar-refractivity contribution in [3.63, 3.8) is 0 Å². The van der Waals surface area contributed by atoms with Crippen LogP contribution in [0.15, 0.2) is 59.6 Å². The minimum absolute atomic E-state index is 0.205.